The first-order chi connectivity index (χ1) is 17.4. The lowest BCUT2D eigenvalue weighted by Gasteiger charge is -2.23. The van der Waals surface area contributed by atoms with Gasteiger partial charge in [-0.05, 0) is 86.4 Å². The predicted molar refractivity (Wildman–Crippen MR) is 135 cm³/mol. The summed E-state index contributed by atoms with van der Waals surface area (Å²) >= 11 is 0. The summed E-state index contributed by atoms with van der Waals surface area (Å²) in [4.78, 5) is 8.07. The van der Waals surface area contributed by atoms with Crippen LogP contribution in [0, 0.1) is 0 Å². The molecule has 5 rings (SSSR count). The Balaban J connectivity index is 1.29. The Hall–Kier alpha value is -3.29. The first-order valence-electron chi connectivity index (χ1n) is 12.8. The van der Waals surface area contributed by atoms with Gasteiger partial charge in [0.15, 0.2) is 0 Å². The van der Waals surface area contributed by atoms with Gasteiger partial charge in [0, 0.05) is 17.6 Å². The van der Waals surface area contributed by atoms with Crippen LogP contribution in [0.3, 0.4) is 0 Å². The Labute approximate surface area is 209 Å². The van der Waals surface area contributed by atoms with Crippen LogP contribution in [0.4, 0.5) is 36.3 Å². The van der Waals surface area contributed by atoms with Crippen molar-refractivity contribution in [3.8, 4) is 5.75 Å². The lowest BCUT2D eigenvalue weighted by Crippen LogP contribution is -2.19. The topological polar surface area (TPSA) is 59.1 Å². The quantitative estimate of drug-likeness (QED) is 0.344. The maximum absolute atomic E-state index is 13.7. The first-order valence-corrected chi connectivity index (χ1v) is 12.8. The van der Waals surface area contributed by atoms with E-state index in [1.54, 1.807) is 0 Å². The molecular weight excluding hydrogens is 465 g/mol. The second kappa shape index (κ2) is 10.8. The second-order valence-electron chi connectivity index (χ2n) is 9.71. The van der Waals surface area contributed by atoms with Gasteiger partial charge in [-0.1, -0.05) is 31.4 Å². The SMILES string of the molecule is FC(F)(F)c1cnc(Nc2ccc(OC3CCCCC3)cc2)nc1Nc1ccc(C2CCCC2)cc1. The molecule has 0 bridgehead atoms. The van der Waals surface area contributed by atoms with Crippen molar-refractivity contribution in [3.63, 3.8) is 0 Å². The molecule has 8 heteroatoms. The molecule has 2 fully saturated rings. The molecule has 36 heavy (non-hydrogen) atoms. The summed E-state index contributed by atoms with van der Waals surface area (Å²) in [7, 11) is 0. The third-order valence-electron chi connectivity index (χ3n) is 7.06. The maximum Gasteiger partial charge on any atom is 0.421 e. The Morgan fingerprint density at radius 3 is 2.03 bits per heavy atom. The van der Waals surface area contributed by atoms with Crippen LogP contribution in [0.2, 0.25) is 0 Å². The zero-order chi connectivity index (χ0) is 25.0. The average molecular weight is 497 g/mol. The zero-order valence-electron chi connectivity index (χ0n) is 20.2. The van der Waals surface area contributed by atoms with E-state index in [9.17, 15) is 13.2 Å². The van der Waals surface area contributed by atoms with Gasteiger partial charge in [0.1, 0.15) is 17.1 Å². The molecule has 2 aliphatic rings. The molecule has 0 unspecified atom stereocenters. The van der Waals surface area contributed by atoms with Crippen LogP contribution in [0.25, 0.3) is 0 Å². The Kier molecular flexibility index (Phi) is 7.30. The first kappa shape index (κ1) is 24.4. The van der Waals surface area contributed by atoms with Crippen molar-refractivity contribution in [3.05, 3.63) is 65.9 Å². The van der Waals surface area contributed by atoms with Crippen molar-refractivity contribution >= 4 is 23.1 Å². The van der Waals surface area contributed by atoms with Gasteiger partial charge in [-0.3, -0.25) is 0 Å². The highest BCUT2D eigenvalue weighted by Gasteiger charge is 2.35. The second-order valence-corrected chi connectivity index (χ2v) is 9.71. The summed E-state index contributed by atoms with van der Waals surface area (Å²) in [6.45, 7) is 0. The summed E-state index contributed by atoms with van der Waals surface area (Å²) in [6, 6.07) is 14.9. The normalized spacial score (nSPS) is 17.2. The molecule has 190 valence electrons. The number of benzene rings is 2. The number of halogens is 3. The van der Waals surface area contributed by atoms with Crippen LogP contribution in [0.5, 0.6) is 5.75 Å². The monoisotopic (exact) mass is 496 g/mol. The van der Waals surface area contributed by atoms with Crippen LogP contribution in [0.15, 0.2) is 54.7 Å². The van der Waals surface area contributed by atoms with E-state index in [-0.39, 0.29) is 17.9 Å². The number of nitrogens with zero attached hydrogens (tertiary/aromatic N) is 2. The number of hydrogen-bond donors (Lipinski definition) is 2. The van der Waals surface area contributed by atoms with Crippen LogP contribution in [-0.2, 0) is 6.18 Å². The highest BCUT2D eigenvalue weighted by atomic mass is 19.4. The van der Waals surface area contributed by atoms with Gasteiger partial charge in [-0.15, -0.1) is 0 Å². The molecule has 0 aliphatic heterocycles. The molecule has 1 heterocycles. The third-order valence-corrected chi connectivity index (χ3v) is 7.06. The van der Waals surface area contributed by atoms with Gasteiger partial charge in [-0.2, -0.15) is 18.2 Å². The number of aromatic nitrogens is 2. The van der Waals surface area contributed by atoms with Gasteiger partial charge in [0.05, 0.1) is 6.10 Å². The average Bonchev–Trinajstić information content (AvgIpc) is 3.41. The fourth-order valence-corrected chi connectivity index (χ4v) is 5.10. The fourth-order valence-electron chi connectivity index (χ4n) is 5.10. The Morgan fingerprint density at radius 1 is 0.750 bits per heavy atom. The van der Waals surface area contributed by atoms with Crippen LogP contribution in [-0.4, -0.2) is 16.1 Å². The van der Waals surface area contributed by atoms with Crippen LogP contribution in [0.1, 0.15) is 74.8 Å². The number of ether oxygens (including phenoxy) is 1. The van der Waals surface area contributed by atoms with Crippen molar-refractivity contribution in [2.45, 2.75) is 76.0 Å². The molecule has 0 spiro atoms. The summed E-state index contributed by atoms with van der Waals surface area (Å²) in [5.74, 6) is 1.11. The molecule has 5 nitrogen and oxygen atoms in total. The molecule has 0 radical (unpaired) electrons. The van der Waals surface area contributed by atoms with E-state index in [2.05, 4.69) is 20.6 Å². The van der Waals surface area contributed by atoms with Crippen LogP contribution >= 0.6 is 0 Å². The summed E-state index contributed by atoms with van der Waals surface area (Å²) in [5.41, 5.74) is 1.54. The van der Waals surface area contributed by atoms with Crippen molar-refractivity contribution in [1.29, 1.82) is 0 Å². The van der Waals surface area contributed by atoms with Crippen molar-refractivity contribution < 1.29 is 17.9 Å². The molecule has 1 aromatic heterocycles. The molecule has 3 aromatic rings. The van der Waals surface area contributed by atoms with Crippen molar-refractivity contribution in [1.82, 2.24) is 9.97 Å². The number of hydrogen-bond acceptors (Lipinski definition) is 5. The number of alkyl halides is 3. The minimum absolute atomic E-state index is 0.0778. The minimum Gasteiger partial charge on any atom is -0.490 e. The molecule has 2 aliphatic carbocycles. The van der Waals surface area contributed by atoms with E-state index in [0.717, 1.165) is 24.8 Å². The molecule has 0 amide bonds. The highest BCUT2D eigenvalue weighted by Crippen LogP contribution is 2.37. The van der Waals surface area contributed by atoms with E-state index in [1.165, 1.54) is 50.5 Å². The van der Waals surface area contributed by atoms with Gasteiger partial charge >= 0.3 is 6.18 Å². The Bertz CT molecular complexity index is 1140. The van der Waals surface area contributed by atoms with Crippen molar-refractivity contribution in [2.75, 3.05) is 10.6 Å². The fraction of sp³-hybridized carbons (Fsp3) is 0.429. The molecular formula is C28H31F3N4O. The lowest BCUT2D eigenvalue weighted by atomic mass is 9.97. The molecule has 0 saturated heterocycles. The van der Waals surface area contributed by atoms with E-state index < -0.39 is 11.7 Å². The number of anilines is 4. The van der Waals surface area contributed by atoms with Gasteiger partial charge in [0.2, 0.25) is 5.95 Å². The molecule has 2 saturated carbocycles. The number of nitrogens with one attached hydrogen (secondary N) is 2. The molecule has 2 N–H and O–H groups in total. The van der Waals surface area contributed by atoms with Crippen molar-refractivity contribution in [2.24, 2.45) is 0 Å². The van der Waals surface area contributed by atoms with Gasteiger partial charge in [0.25, 0.3) is 0 Å². The van der Waals surface area contributed by atoms with Crippen LogP contribution < -0.4 is 15.4 Å². The highest BCUT2D eigenvalue weighted by molar-refractivity contribution is 5.63. The van der Waals surface area contributed by atoms with Gasteiger partial charge < -0.3 is 15.4 Å². The smallest absolute Gasteiger partial charge is 0.421 e. The van der Waals surface area contributed by atoms with E-state index in [0.29, 0.717) is 17.3 Å². The third kappa shape index (κ3) is 6.09. The summed E-state index contributed by atoms with van der Waals surface area (Å²) in [5, 5.41) is 5.85. The molecule has 2 aromatic carbocycles. The van der Waals surface area contributed by atoms with E-state index in [1.807, 2.05) is 48.5 Å². The van der Waals surface area contributed by atoms with E-state index in [4.69, 9.17) is 4.74 Å². The minimum atomic E-state index is -4.58. The molecule has 0 atom stereocenters. The predicted octanol–water partition coefficient (Wildman–Crippen LogP) is 8.35. The largest absolute Gasteiger partial charge is 0.490 e. The van der Waals surface area contributed by atoms with Gasteiger partial charge in [-0.25, -0.2) is 4.98 Å². The lowest BCUT2D eigenvalue weighted by molar-refractivity contribution is -0.137. The van der Waals surface area contributed by atoms with E-state index >= 15 is 0 Å². The number of rotatable bonds is 7. The standard InChI is InChI=1S/C28H31F3N4O/c29-28(30,31)25-18-32-27(34-22-14-16-24(17-15-22)36-23-8-2-1-3-9-23)35-26(25)33-21-12-10-20(11-13-21)19-6-4-5-7-19/h10-19,23H,1-9H2,(H2,32,33,34,35). The summed E-state index contributed by atoms with van der Waals surface area (Å²) < 4.78 is 47.0. The Morgan fingerprint density at radius 2 is 1.36 bits per heavy atom. The maximum atomic E-state index is 13.7. The summed E-state index contributed by atoms with van der Waals surface area (Å²) in [6.07, 6.45) is 7.05. The zero-order valence-corrected chi connectivity index (χ0v) is 20.2.